The molecule has 0 saturated carbocycles. The molecule has 1 aromatic rings. The summed E-state index contributed by atoms with van der Waals surface area (Å²) in [6.07, 6.45) is 0. The number of benzene rings is 1. The fourth-order valence-corrected chi connectivity index (χ4v) is 7.96. The van der Waals surface area contributed by atoms with Gasteiger partial charge in [0.2, 0.25) is 0 Å². The van der Waals surface area contributed by atoms with Gasteiger partial charge in [-0.3, -0.25) is 0 Å². The molecule has 19 heavy (non-hydrogen) atoms. The van der Waals surface area contributed by atoms with Crippen molar-refractivity contribution in [3.05, 3.63) is 34.3 Å². The number of rotatable bonds is 2. The van der Waals surface area contributed by atoms with Crippen molar-refractivity contribution < 1.29 is 11.3 Å². The third-order valence-electron chi connectivity index (χ3n) is 3.52. The molecule has 0 amide bonds. The monoisotopic (exact) mass is 389 g/mol. The summed E-state index contributed by atoms with van der Waals surface area (Å²) < 4.78 is 19.3. The van der Waals surface area contributed by atoms with Gasteiger partial charge >= 0.3 is 125 Å². The van der Waals surface area contributed by atoms with E-state index < -0.39 is 14.3 Å². The first-order valence-corrected chi connectivity index (χ1v) is 11.5. The van der Waals surface area contributed by atoms with Crippen LogP contribution in [0.1, 0.15) is 5.56 Å². The Labute approximate surface area is 125 Å². The van der Waals surface area contributed by atoms with Crippen LogP contribution in [0.3, 0.4) is 0 Å². The minimum atomic E-state index is -3.10. The molecule has 1 aromatic carbocycles. The molecule has 0 unspecified atom stereocenters. The van der Waals surface area contributed by atoms with Crippen molar-refractivity contribution in [2.45, 2.75) is 5.25 Å². The second kappa shape index (κ2) is 6.24. The predicted octanol–water partition coefficient (Wildman–Crippen LogP) is 1.85. The summed E-state index contributed by atoms with van der Waals surface area (Å²) >= 11 is 0.364. The molecule has 2 bridgehead atoms. The van der Waals surface area contributed by atoms with Crippen LogP contribution in [0, 0.1) is 0 Å². The average molecular weight is 389 g/mol. The van der Waals surface area contributed by atoms with Crippen molar-refractivity contribution >= 4 is 30.2 Å². The molecule has 0 aliphatic carbocycles. The number of nitrogens with zero attached hydrogens (tertiary/aromatic N) is 1. The SMILES string of the molecule is Brc1ccc([CH2][Ge]23[O]CCN(CC[O]2)CC[O]3)cc1. The van der Waals surface area contributed by atoms with Gasteiger partial charge in [-0.05, 0) is 0 Å². The van der Waals surface area contributed by atoms with Crippen LogP contribution < -0.4 is 0 Å². The Morgan fingerprint density at radius 2 is 1.47 bits per heavy atom. The Morgan fingerprint density at radius 1 is 0.947 bits per heavy atom. The molecule has 3 aliphatic heterocycles. The van der Waals surface area contributed by atoms with Crippen molar-refractivity contribution in [1.29, 1.82) is 0 Å². The molecule has 3 saturated heterocycles. The Kier molecular flexibility index (Phi) is 4.61. The van der Waals surface area contributed by atoms with Gasteiger partial charge in [-0.25, -0.2) is 0 Å². The fraction of sp³-hybridized carbons (Fsp3) is 0.538. The normalized spacial score (nSPS) is 31.5. The van der Waals surface area contributed by atoms with Gasteiger partial charge in [0.05, 0.1) is 0 Å². The molecule has 0 N–H and O–H groups in total. The first-order chi connectivity index (χ1) is 9.26. The van der Waals surface area contributed by atoms with Gasteiger partial charge in [0, 0.05) is 0 Å². The minimum absolute atomic E-state index is 0.733. The van der Waals surface area contributed by atoms with E-state index in [1.165, 1.54) is 5.56 Å². The predicted molar refractivity (Wildman–Crippen MR) is 77.9 cm³/mol. The standard InChI is InChI=1S/C13H18BrGeNO3/c14-13-3-1-12(2-4-13)11-15-17-8-5-16(6-9-18-15)7-10-19-15/h1-4H,5-11H2. The summed E-state index contributed by atoms with van der Waals surface area (Å²) in [7, 11) is 0. The topological polar surface area (TPSA) is 30.9 Å². The number of fused-ring (bicyclic) bond motifs is 6. The van der Waals surface area contributed by atoms with Gasteiger partial charge in [-0.15, -0.1) is 0 Å². The summed E-state index contributed by atoms with van der Waals surface area (Å²) in [5, 5.41) is 0.813. The van der Waals surface area contributed by atoms with E-state index in [0.29, 0.717) is 0 Å². The first kappa shape index (κ1) is 14.0. The second-order valence-electron chi connectivity index (χ2n) is 4.87. The first-order valence-electron chi connectivity index (χ1n) is 6.64. The quantitative estimate of drug-likeness (QED) is 0.724. The molecular weight excluding hydrogens is 371 g/mol. The molecule has 0 spiro atoms. The zero-order chi connectivity index (χ0) is 13.1. The Morgan fingerprint density at radius 3 is 2.00 bits per heavy atom. The maximum atomic E-state index is 6.07. The van der Waals surface area contributed by atoms with Crippen LogP contribution in [-0.2, 0) is 16.5 Å². The molecule has 4 nitrogen and oxygen atoms in total. The molecule has 3 fully saturated rings. The van der Waals surface area contributed by atoms with Crippen LogP contribution in [0.4, 0.5) is 0 Å². The summed E-state index contributed by atoms with van der Waals surface area (Å²) in [6, 6.07) is 8.34. The van der Waals surface area contributed by atoms with Crippen molar-refractivity contribution in [3.8, 4) is 0 Å². The van der Waals surface area contributed by atoms with E-state index in [1.807, 2.05) is 0 Å². The van der Waals surface area contributed by atoms with Crippen LogP contribution in [0.5, 0.6) is 0 Å². The molecule has 6 heteroatoms. The van der Waals surface area contributed by atoms with Crippen LogP contribution in [0.2, 0.25) is 0 Å². The van der Waals surface area contributed by atoms with Gasteiger partial charge < -0.3 is 0 Å². The molecule has 0 atom stereocenters. The van der Waals surface area contributed by atoms with Gasteiger partial charge in [0.1, 0.15) is 0 Å². The van der Waals surface area contributed by atoms with Gasteiger partial charge in [-0.2, -0.15) is 0 Å². The summed E-state index contributed by atoms with van der Waals surface area (Å²) in [5.74, 6) is 0. The summed E-state index contributed by atoms with van der Waals surface area (Å²) in [4.78, 5) is 2.34. The van der Waals surface area contributed by atoms with E-state index in [1.54, 1.807) is 0 Å². The number of hydrogen-bond donors (Lipinski definition) is 0. The molecule has 0 radical (unpaired) electrons. The maximum absolute atomic E-state index is 6.07. The number of halogens is 1. The van der Waals surface area contributed by atoms with E-state index in [4.69, 9.17) is 11.3 Å². The zero-order valence-electron chi connectivity index (χ0n) is 10.8. The van der Waals surface area contributed by atoms with E-state index >= 15 is 0 Å². The van der Waals surface area contributed by atoms with Crippen LogP contribution in [0.15, 0.2) is 28.7 Å². The summed E-state index contributed by atoms with van der Waals surface area (Å²) in [5.41, 5.74) is 1.24. The molecule has 0 aromatic heterocycles. The summed E-state index contributed by atoms with van der Waals surface area (Å²) in [6.45, 7) is 5.20. The molecule has 3 heterocycles. The molecule has 104 valence electrons. The van der Waals surface area contributed by atoms with E-state index in [9.17, 15) is 0 Å². The van der Waals surface area contributed by atoms with Gasteiger partial charge in [-0.1, -0.05) is 0 Å². The van der Waals surface area contributed by atoms with Crippen molar-refractivity contribution in [2.75, 3.05) is 39.5 Å². The van der Waals surface area contributed by atoms with Crippen molar-refractivity contribution in [2.24, 2.45) is 0 Å². The van der Waals surface area contributed by atoms with E-state index in [0.717, 1.165) is 49.2 Å². The third-order valence-corrected chi connectivity index (χ3v) is 9.87. The Bertz CT molecular complexity index is 402. The molecule has 4 rings (SSSR count). The fourth-order valence-electron chi connectivity index (χ4n) is 2.46. The number of hydrogen-bond acceptors (Lipinski definition) is 4. The zero-order valence-corrected chi connectivity index (χ0v) is 14.5. The van der Waals surface area contributed by atoms with E-state index in [-0.39, 0.29) is 0 Å². The molecule has 3 aliphatic rings. The third kappa shape index (κ3) is 3.59. The second-order valence-corrected chi connectivity index (χ2v) is 11.2. The molecular formula is C13H18BrGeNO3. The van der Waals surface area contributed by atoms with Gasteiger partial charge in [0.25, 0.3) is 0 Å². The van der Waals surface area contributed by atoms with Gasteiger partial charge in [0.15, 0.2) is 0 Å². The average Bonchev–Trinajstić information content (AvgIpc) is 2.33. The Balaban J connectivity index is 1.76. The van der Waals surface area contributed by atoms with Crippen molar-refractivity contribution in [3.63, 3.8) is 0 Å². The van der Waals surface area contributed by atoms with Crippen LogP contribution >= 0.6 is 15.9 Å². The van der Waals surface area contributed by atoms with E-state index in [2.05, 4.69) is 45.1 Å². The Hall–Kier alpha value is 0.0829. The van der Waals surface area contributed by atoms with Crippen LogP contribution in [0.25, 0.3) is 0 Å². The van der Waals surface area contributed by atoms with Crippen LogP contribution in [-0.4, -0.2) is 58.6 Å². The van der Waals surface area contributed by atoms with Crippen molar-refractivity contribution in [1.82, 2.24) is 4.90 Å².